The molecule has 144 valence electrons. The van der Waals surface area contributed by atoms with Crippen LogP contribution in [0.5, 0.6) is 5.75 Å². The van der Waals surface area contributed by atoms with Crippen LogP contribution in [0.1, 0.15) is 26.7 Å². The number of piperidine rings is 1. The van der Waals surface area contributed by atoms with Gasteiger partial charge in [-0.15, -0.1) is 0 Å². The predicted octanol–water partition coefficient (Wildman–Crippen LogP) is 2.89. The van der Waals surface area contributed by atoms with Gasteiger partial charge in [-0.25, -0.2) is 0 Å². The largest absolute Gasteiger partial charge is 0.466 e. The van der Waals surface area contributed by atoms with Gasteiger partial charge in [-0.3, -0.25) is 14.5 Å². The van der Waals surface area contributed by atoms with E-state index in [0.717, 1.165) is 19.4 Å². The molecule has 26 heavy (non-hydrogen) atoms. The van der Waals surface area contributed by atoms with Crippen LogP contribution >= 0.6 is 0 Å². The number of rotatable bonds is 7. The van der Waals surface area contributed by atoms with Crippen LogP contribution in [0.15, 0.2) is 24.3 Å². The number of amides is 1. The van der Waals surface area contributed by atoms with Gasteiger partial charge in [0.1, 0.15) is 5.75 Å². The number of alkyl halides is 2. The molecule has 0 spiro atoms. The lowest BCUT2D eigenvalue weighted by molar-refractivity contribution is -0.150. The highest BCUT2D eigenvalue weighted by atomic mass is 19.3. The molecule has 1 amide bonds. The van der Waals surface area contributed by atoms with Crippen LogP contribution in [0.25, 0.3) is 0 Å². The number of hydrogen-bond donors (Lipinski definition) is 1. The molecule has 0 bridgehead atoms. The number of anilines is 1. The van der Waals surface area contributed by atoms with Crippen LogP contribution in [0, 0.1) is 5.92 Å². The van der Waals surface area contributed by atoms with E-state index in [0.29, 0.717) is 18.8 Å². The molecular formula is C18H24F2N2O4. The molecule has 1 aliphatic heterocycles. The Morgan fingerprint density at radius 3 is 2.62 bits per heavy atom. The molecule has 1 saturated heterocycles. The lowest BCUT2D eigenvalue weighted by Crippen LogP contribution is -2.48. The van der Waals surface area contributed by atoms with E-state index in [1.807, 2.05) is 4.90 Å². The van der Waals surface area contributed by atoms with Gasteiger partial charge in [-0.05, 0) is 57.5 Å². The number of hydrogen-bond acceptors (Lipinski definition) is 5. The van der Waals surface area contributed by atoms with Crippen molar-refractivity contribution in [1.82, 2.24) is 4.90 Å². The van der Waals surface area contributed by atoms with Crippen molar-refractivity contribution in [3.8, 4) is 5.75 Å². The third-order valence-electron chi connectivity index (χ3n) is 4.35. The number of ether oxygens (including phenoxy) is 2. The molecule has 6 nitrogen and oxygen atoms in total. The summed E-state index contributed by atoms with van der Waals surface area (Å²) in [4.78, 5) is 26.3. The molecule has 2 atom stereocenters. The fourth-order valence-corrected chi connectivity index (χ4v) is 2.94. The van der Waals surface area contributed by atoms with Crippen molar-refractivity contribution in [2.75, 3.05) is 25.0 Å². The summed E-state index contributed by atoms with van der Waals surface area (Å²) in [6, 6.07) is 5.30. The van der Waals surface area contributed by atoms with E-state index in [2.05, 4.69) is 10.1 Å². The van der Waals surface area contributed by atoms with Crippen molar-refractivity contribution < 1.29 is 27.8 Å². The van der Waals surface area contributed by atoms with E-state index >= 15 is 0 Å². The normalized spacial score (nSPS) is 19.0. The molecule has 1 heterocycles. The van der Waals surface area contributed by atoms with Crippen molar-refractivity contribution in [3.05, 3.63) is 24.3 Å². The van der Waals surface area contributed by atoms with Crippen molar-refractivity contribution in [3.63, 3.8) is 0 Å². The molecule has 0 aromatic heterocycles. The number of nitrogens with one attached hydrogen (secondary N) is 1. The number of halogens is 2. The summed E-state index contributed by atoms with van der Waals surface area (Å²) in [7, 11) is 0. The number of benzene rings is 1. The molecule has 0 radical (unpaired) electrons. The van der Waals surface area contributed by atoms with Crippen LogP contribution in [0.3, 0.4) is 0 Å². The molecule has 2 rings (SSSR count). The van der Waals surface area contributed by atoms with E-state index in [9.17, 15) is 18.4 Å². The zero-order valence-corrected chi connectivity index (χ0v) is 14.9. The Labute approximate surface area is 151 Å². The van der Waals surface area contributed by atoms with Crippen molar-refractivity contribution in [2.45, 2.75) is 39.3 Å². The number of carbonyl (C=O) groups excluding carboxylic acids is 2. The maximum atomic E-state index is 12.5. The van der Waals surface area contributed by atoms with Crippen molar-refractivity contribution in [2.24, 2.45) is 5.92 Å². The summed E-state index contributed by atoms with van der Waals surface area (Å²) in [6.07, 6.45) is 1.58. The molecular weight excluding hydrogens is 346 g/mol. The predicted molar refractivity (Wildman–Crippen MR) is 92.1 cm³/mol. The highest BCUT2D eigenvalue weighted by molar-refractivity contribution is 5.94. The van der Waals surface area contributed by atoms with Gasteiger partial charge in [0.25, 0.3) is 0 Å². The Kier molecular flexibility index (Phi) is 7.32. The lowest BCUT2D eigenvalue weighted by Gasteiger charge is -2.35. The summed E-state index contributed by atoms with van der Waals surface area (Å²) < 4.78 is 33.6. The first kappa shape index (κ1) is 20.1. The second kappa shape index (κ2) is 9.47. The molecule has 2 unspecified atom stereocenters. The first-order chi connectivity index (χ1) is 12.4. The summed E-state index contributed by atoms with van der Waals surface area (Å²) in [5.74, 6) is -0.638. The van der Waals surface area contributed by atoms with E-state index in [1.54, 1.807) is 13.8 Å². The number of nitrogens with zero attached hydrogens (tertiary/aromatic N) is 1. The van der Waals surface area contributed by atoms with E-state index in [4.69, 9.17) is 4.74 Å². The quantitative estimate of drug-likeness (QED) is 0.748. The van der Waals surface area contributed by atoms with Crippen LogP contribution < -0.4 is 10.1 Å². The summed E-state index contributed by atoms with van der Waals surface area (Å²) in [6.45, 7) is 2.21. The average Bonchev–Trinajstić information content (AvgIpc) is 2.62. The van der Waals surface area contributed by atoms with Gasteiger partial charge >= 0.3 is 12.6 Å². The van der Waals surface area contributed by atoms with Crippen molar-refractivity contribution >= 4 is 17.6 Å². The minimum absolute atomic E-state index is 0.0272. The maximum Gasteiger partial charge on any atom is 0.387 e. The van der Waals surface area contributed by atoms with Gasteiger partial charge in [0.05, 0.1) is 18.6 Å². The molecule has 1 aromatic carbocycles. The third kappa shape index (κ3) is 5.66. The van der Waals surface area contributed by atoms with Crippen LogP contribution in [-0.2, 0) is 14.3 Å². The smallest absolute Gasteiger partial charge is 0.387 e. The number of esters is 1. The Bertz CT molecular complexity index is 610. The molecule has 0 aliphatic carbocycles. The van der Waals surface area contributed by atoms with Gasteiger partial charge in [0, 0.05) is 12.2 Å². The molecule has 1 fully saturated rings. The number of likely N-dealkylation sites (tertiary alicyclic amines) is 1. The topological polar surface area (TPSA) is 67.9 Å². The SMILES string of the molecule is CCOC(=O)C1CCCN(C(C)C(=O)Nc2ccc(OC(F)F)cc2)C1. The minimum Gasteiger partial charge on any atom is -0.466 e. The second-order valence-electron chi connectivity index (χ2n) is 6.15. The van der Waals surface area contributed by atoms with Gasteiger partial charge < -0.3 is 14.8 Å². The number of carbonyl (C=O) groups is 2. The van der Waals surface area contributed by atoms with Gasteiger partial charge in [0.15, 0.2) is 0 Å². The first-order valence-corrected chi connectivity index (χ1v) is 8.67. The fourth-order valence-electron chi connectivity index (χ4n) is 2.94. The van der Waals surface area contributed by atoms with Gasteiger partial charge in [-0.2, -0.15) is 8.78 Å². The maximum absolute atomic E-state index is 12.5. The molecule has 8 heteroatoms. The Morgan fingerprint density at radius 2 is 2.00 bits per heavy atom. The average molecular weight is 370 g/mol. The highest BCUT2D eigenvalue weighted by Gasteiger charge is 2.31. The molecule has 1 aliphatic rings. The molecule has 1 aromatic rings. The van der Waals surface area contributed by atoms with E-state index < -0.39 is 12.7 Å². The molecule has 0 saturated carbocycles. The Balaban J connectivity index is 1.91. The fraction of sp³-hybridized carbons (Fsp3) is 0.556. The van der Waals surface area contributed by atoms with Crippen LogP contribution in [0.2, 0.25) is 0 Å². The summed E-state index contributed by atoms with van der Waals surface area (Å²) in [5, 5.41) is 2.75. The van der Waals surface area contributed by atoms with E-state index in [1.165, 1.54) is 24.3 Å². The van der Waals surface area contributed by atoms with Crippen LogP contribution in [0.4, 0.5) is 14.5 Å². The second-order valence-corrected chi connectivity index (χ2v) is 6.15. The van der Waals surface area contributed by atoms with Gasteiger partial charge in [0.2, 0.25) is 5.91 Å². The Morgan fingerprint density at radius 1 is 1.31 bits per heavy atom. The van der Waals surface area contributed by atoms with E-state index in [-0.39, 0.29) is 23.5 Å². The highest BCUT2D eigenvalue weighted by Crippen LogP contribution is 2.21. The third-order valence-corrected chi connectivity index (χ3v) is 4.35. The first-order valence-electron chi connectivity index (χ1n) is 8.67. The summed E-state index contributed by atoms with van der Waals surface area (Å²) >= 11 is 0. The zero-order chi connectivity index (χ0) is 19.1. The summed E-state index contributed by atoms with van der Waals surface area (Å²) in [5.41, 5.74) is 0.488. The van der Waals surface area contributed by atoms with Crippen molar-refractivity contribution in [1.29, 1.82) is 0 Å². The Hall–Kier alpha value is -2.22. The van der Waals surface area contributed by atoms with Gasteiger partial charge in [-0.1, -0.05) is 0 Å². The lowest BCUT2D eigenvalue weighted by atomic mass is 9.97. The zero-order valence-electron chi connectivity index (χ0n) is 14.9. The monoisotopic (exact) mass is 370 g/mol. The minimum atomic E-state index is -2.89. The molecule has 1 N–H and O–H groups in total. The van der Waals surface area contributed by atoms with Crippen LogP contribution in [-0.4, -0.2) is 49.1 Å². The standard InChI is InChI=1S/C18H24F2N2O4/c1-3-25-17(24)13-5-4-10-22(11-13)12(2)16(23)21-14-6-8-15(9-7-14)26-18(19)20/h6-9,12-13,18H,3-5,10-11H2,1-2H3,(H,21,23).